The second kappa shape index (κ2) is 12.5. The van der Waals surface area contributed by atoms with E-state index in [0.717, 1.165) is 14.3 Å². The minimum atomic E-state index is -4.18. The molecule has 41 heavy (non-hydrogen) atoms. The minimum absolute atomic E-state index is 0.0284. The minimum Gasteiger partial charge on any atom is -0.486 e. The Labute approximate surface area is 249 Å². The molecule has 0 aliphatic carbocycles. The molecule has 0 saturated carbocycles. The van der Waals surface area contributed by atoms with Crippen LogP contribution in [0.15, 0.2) is 82.2 Å². The van der Waals surface area contributed by atoms with E-state index in [-0.39, 0.29) is 23.0 Å². The highest BCUT2D eigenvalue weighted by Gasteiger charge is 2.34. The number of benzene rings is 3. The van der Waals surface area contributed by atoms with Gasteiger partial charge in [0.25, 0.3) is 10.0 Å². The van der Waals surface area contributed by atoms with Crippen LogP contribution < -0.4 is 19.1 Å². The van der Waals surface area contributed by atoms with Crippen molar-refractivity contribution in [3.8, 4) is 11.5 Å². The van der Waals surface area contributed by atoms with Crippen molar-refractivity contribution in [2.45, 2.75) is 50.7 Å². The molecule has 1 aliphatic heterocycles. The molecule has 4 rings (SSSR count). The van der Waals surface area contributed by atoms with Crippen LogP contribution in [-0.4, -0.2) is 56.5 Å². The van der Waals surface area contributed by atoms with Gasteiger partial charge in [0.15, 0.2) is 11.5 Å². The quantitative estimate of drug-likeness (QED) is 0.361. The molecule has 1 N–H and O–H groups in total. The van der Waals surface area contributed by atoms with Gasteiger partial charge < -0.3 is 19.7 Å². The molecule has 0 spiro atoms. The number of amides is 2. The summed E-state index contributed by atoms with van der Waals surface area (Å²) in [5.74, 6) is -0.00884. The Morgan fingerprint density at radius 2 is 1.59 bits per heavy atom. The average Bonchev–Trinajstić information content (AvgIpc) is 2.94. The number of nitrogens with zero attached hydrogens (tertiary/aromatic N) is 2. The Bertz CT molecular complexity index is 1490. The molecule has 2 amide bonds. The van der Waals surface area contributed by atoms with Crippen molar-refractivity contribution in [2.75, 3.05) is 24.1 Å². The van der Waals surface area contributed by atoms with Gasteiger partial charge in [-0.05, 0) is 69.7 Å². The van der Waals surface area contributed by atoms with E-state index in [1.165, 1.54) is 17.0 Å². The molecule has 0 bridgehead atoms. The van der Waals surface area contributed by atoms with Gasteiger partial charge in [-0.15, -0.1) is 0 Å². The predicted octanol–water partition coefficient (Wildman–Crippen LogP) is 4.75. The molecule has 9 nitrogen and oxygen atoms in total. The van der Waals surface area contributed by atoms with Crippen LogP contribution in [0.25, 0.3) is 0 Å². The van der Waals surface area contributed by atoms with Crippen LogP contribution in [0.3, 0.4) is 0 Å². The van der Waals surface area contributed by atoms with Gasteiger partial charge in [-0.1, -0.05) is 46.3 Å². The summed E-state index contributed by atoms with van der Waals surface area (Å²) in [4.78, 5) is 28.7. The third kappa shape index (κ3) is 7.59. The van der Waals surface area contributed by atoms with Gasteiger partial charge in [-0.25, -0.2) is 8.42 Å². The summed E-state index contributed by atoms with van der Waals surface area (Å²) in [6, 6.07) is 19.2. The van der Waals surface area contributed by atoms with Crippen LogP contribution in [0.1, 0.15) is 33.3 Å². The zero-order valence-electron chi connectivity index (χ0n) is 23.5. The summed E-state index contributed by atoms with van der Waals surface area (Å²) in [6.07, 6.45) is 0. The fourth-order valence-electron chi connectivity index (χ4n) is 4.28. The van der Waals surface area contributed by atoms with Crippen molar-refractivity contribution in [3.63, 3.8) is 0 Å². The highest BCUT2D eigenvalue weighted by Crippen LogP contribution is 2.36. The maximum absolute atomic E-state index is 14.1. The molecule has 1 aliphatic rings. The smallest absolute Gasteiger partial charge is 0.264 e. The number of sulfonamides is 1. The lowest BCUT2D eigenvalue weighted by Crippen LogP contribution is -2.54. The van der Waals surface area contributed by atoms with Crippen molar-refractivity contribution < 1.29 is 27.5 Å². The summed E-state index contributed by atoms with van der Waals surface area (Å²) < 4.78 is 41.1. The number of rotatable bonds is 9. The summed E-state index contributed by atoms with van der Waals surface area (Å²) in [5, 5.41) is 2.92. The lowest BCUT2D eigenvalue weighted by molar-refractivity contribution is -0.140. The van der Waals surface area contributed by atoms with E-state index in [9.17, 15) is 18.0 Å². The van der Waals surface area contributed by atoms with Gasteiger partial charge in [0.2, 0.25) is 11.8 Å². The molecule has 1 heterocycles. The topological polar surface area (TPSA) is 105 Å². The first kappa shape index (κ1) is 30.4. The van der Waals surface area contributed by atoms with Crippen molar-refractivity contribution >= 4 is 43.5 Å². The number of hydrogen-bond acceptors (Lipinski definition) is 6. The maximum atomic E-state index is 14.1. The van der Waals surface area contributed by atoms with E-state index in [0.29, 0.717) is 24.7 Å². The number of ether oxygens (including phenoxy) is 2. The molecule has 0 fully saturated rings. The Morgan fingerprint density at radius 1 is 0.951 bits per heavy atom. The number of anilines is 1. The predicted molar refractivity (Wildman–Crippen MR) is 160 cm³/mol. The fourth-order valence-corrected chi connectivity index (χ4v) is 5.97. The Balaban J connectivity index is 1.73. The molecule has 3 aromatic carbocycles. The zero-order chi connectivity index (χ0) is 29.8. The Morgan fingerprint density at radius 3 is 2.22 bits per heavy atom. The van der Waals surface area contributed by atoms with E-state index < -0.39 is 34.1 Å². The first-order chi connectivity index (χ1) is 19.3. The van der Waals surface area contributed by atoms with Crippen LogP contribution in [0.5, 0.6) is 11.5 Å². The average molecular weight is 645 g/mol. The number of nitrogens with one attached hydrogen (secondary N) is 1. The van der Waals surface area contributed by atoms with Crippen molar-refractivity contribution in [2.24, 2.45) is 0 Å². The number of carbonyl (C=O) groups excluding carboxylic acids is 2. The number of halogens is 1. The van der Waals surface area contributed by atoms with Gasteiger partial charge in [-0.2, -0.15) is 0 Å². The molecule has 1 atom stereocenters. The summed E-state index contributed by atoms with van der Waals surface area (Å²) >= 11 is 3.42. The first-order valence-electron chi connectivity index (χ1n) is 13.2. The second-order valence-corrected chi connectivity index (χ2v) is 13.5. The van der Waals surface area contributed by atoms with Crippen LogP contribution in [0.2, 0.25) is 0 Å². The molecular formula is C30H34BrN3O6S. The lowest BCUT2D eigenvalue weighted by atomic mass is 10.1. The summed E-state index contributed by atoms with van der Waals surface area (Å²) in [5.41, 5.74) is 0.501. The molecule has 0 saturated heterocycles. The van der Waals surface area contributed by atoms with Crippen molar-refractivity contribution in [1.82, 2.24) is 10.2 Å². The third-order valence-electron chi connectivity index (χ3n) is 6.36. The molecule has 3 aromatic rings. The number of carbonyl (C=O) groups is 2. The van der Waals surface area contributed by atoms with E-state index in [2.05, 4.69) is 21.2 Å². The largest absolute Gasteiger partial charge is 0.486 e. The van der Waals surface area contributed by atoms with E-state index >= 15 is 0 Å². The van der Waals surface area contributed by atoms with Crippen LogP contribution >= 0.6 is 15.9 Å². The first-order valence-corrected chi connectivity index (χ1v) is 15.4. The molecule has 218 valence electrons. The van der Waals surface area contributed by atoms with Gasteiger partial charge in [0.1, 0.15) is 25.8 Å². The molecule has 11 heteroatoms. The van der Waals surface area contributed by atoms with E-state index in [4.69, 9.17) is 9.47 Å². The van der Waals surface area contributed by atoms with E-state index in [1.54, 1.807) is 43.3 Å². The van der Waals surface area contributed by atoms with Crippen molar-refractivity contribution in [3.05, 3.63) is 82.8 Å². The normalized spacial score (nSPS) is 13.7. The maximum Gasteiger partial charge on any atom is 0.264 e. The van der Waals surface area contributed by atoms with Crippen LogP contribution in [0, 0.1) is 0 Å². The molecule has 0 unspecified atom stereocenters. The second-order valence-electron chi connectivity index (χ2n) is 10.7. The Hall–Kier alpha value is -3.57. The summed E-state index contributed by atoms with van der Waals surface area (Å²) in [7, 11) is -4.18. The van der Waals surface area contributed by atoms with E-state index in [1.807, 2.05) is 45.0 Å². The molecule has 0 radical (unpaired) electrons. The van der Waals surface area contributed by atoms with Gasteiger partial charge >= 0.3 is 0 Å². The van der Waals surface area contributed by atoms with Gasteiger partial charge in [0.05, 0.1) is 10.6 Å². The van der Waals surface area contributed by atoms with Gasteiger partial charge in [-0.3, -0.25) is 13.9 Å². The Kier molecular flexibility index (Phi) is 9.28. The highest BCUT2D eigenvalue weighted by molar-refractivity contribution is 9.10. The van der Waals surface area contributed by atoms with Crippen LogP contribution in [0.4, 0.5) is 5.69 Å². The lowest BCUT2D eigenvalue weighted by Gasteiger charge is -2.33. The summed E-state index contributed by atoms with van der Waals surface area (Å²) in [6.45, 7) is 7.47. The number of fused-ring (bicyclic) bond motifs is 1. The SMILES string of the molecule is C[C@H](C(=O)NC(C)(C)C)N(Cc1ccc(Br)cc1)C(=O)CN(c1ccc2c(c1)OCCO2)S(=O)(=O)c1ccccc1. The highest BCUT2D eigenvalue weighted by atomic mass is 79.9. The molecule has 0 aromatic heterocycles. The standard InChI is InChI=1S/C30H34BrN3O6S/c1-21(29(36)32-30(2,3)4)33(19-22-10-12-23(31)13-11-22)28(35)20-34(41(37,38)25-8-6-5-7-9-25)24-14-15-26-27(18-24)40-17-16-39-26/h5-15,18,21H,16-17,19-20H2,1-4H3,(H,32,36)/t21-/m1/s1. The number of hydrogen-bond donors (Lipinski definition) is 1. The van der Waals surface area contributed by atoms with Gasteiger partial charge in [0, 0.05) is 22.6 Å². The zero-order valence-corrected chi connectivity index (χ0v) is 25.9. The monoisotopic (exact) mass is 643 g/mol. The third-order valence-corrected chi connectivity index (χ3v) is 8.67. The molecular weight excluding hydrogens is 610 g/mol. The van der Waals surface area contributed by atoms with Crippen LogP contribution in [-0.2, 0) is 26.2 Å². The fraction of sp³-hybridized carbons (Fsp3) is 0.333. The van der Waals surface area contributed by atoms with Crippen molar-refractivity contribution in [1.29, 1.82) is 0 Å².